The topological polar surface area (TPSA) is 78.5 Å². The molecule has 0 aliphatic carbocycles. The van der Waals surface area contributed by atoms with E-state index in [1.54, 1.807) is 0 Å². The third-order valence-corrected chi connectivity index (χ3v) is 8.21. The Hall–Kier alpha value is -3.62. The molecule has 0 atom stereocenters. The van der Waals surface area contributed by atoms with E-state index in [-0.39, 0.29) is 0 Å². The zero-order valence-electron chi connectivity index (χ0n) is 25.3. The minimum atomic E-state index is 0.564. The van der Waals surface area contributed by atoms with Crippen LogP contribution in [-0.2, 0) is 13.0 Å². The van der Waals surface area contributed by atoms with Crippen LogP contribution in [0, 0.1) is 0 Å². The third-order valence-electron chi connectivity index (χ3n) is 8.21. The highest BCUT2D eigenvalue weighted by Crippen LogP contribution is 2.44. The van der Waals surface area contributed by atoms with E-state index in [4.69, 9.17) is 10.7 Å². The highest BCUT2D eigenvalue weighted by atomic mass is 15.3. The van der Waals surface area contributed by atoms with Gasteiger partial charge in [0.05, 0.1) is 16.8 Å². The van der Waals surface area contributed by atoms with Gasteiger partial charge in [0.2, 0.25) is 5.95 Å². The minimum Gasteiger partial charge on any atom is -0.401 e. The lowest BCUT2D eigenvalue weighted by atomic mass is 10.0. The third kappa shape index (κ3) is 6.34. The summed E-state index contributed by atoms with van der Waals surface area (Å²) in [6.45, 7) is 12.0. The van der Waals surface area contributed by atoms with E-state index >= 15 is 0 Å². The van der Waals surface area contributed by atoms with Crippen molar-refractivity contribution >= 4 is 22.7 Å². The molecule has 218 valence electrons. The summed E-state index contributed by atoms with van der Waals surface area (Å²) in [4.78, 5) is 16.7. The molecule has 1 fully saturated rings. The van der Waals surface area contributed by atoms with Crippen LogP contribution in [0.25, 0.3) is 22.2 Å². The molecule has 0 saturated carbocycles. The number of nitrogens with zero attached hydrogens (tertiary/aromatic N) is 6. The Morgan fingerprint density at radius 2 is 1.90 bits per heavy atom. The molecule has 8 heteroatoms. The van der Waals surface area contributed by atoms with Crippen molar-refractivity contribution < 1.29 is 0 Å². The summed E-state index contributed by atoms with van der Waals surface area (Å²) in [6, 6.07) is 8.80. The van der Waals surface area contributed by atoms with E-state index in [1.165, 1.54) is 47.1 Å². The summed E-state index contributed by atoms with van der Waals surface area (Å²) in [5.74, 6) is 1.88. The molecule has 0 spiro atoms. The van der Waals surface area contributed by atoms with E-state index in [0.29, 0.717) is 12.5 Å². The van der Waals surface area contributed by atoms with Crippen molar-refractivity contribution in [1.29, 1.82) is 0 Å². The van der Waals surface area contributed by atoms with Crippen LogP contribution in [-0.4, -0.2) is 78.2 Å². The number of nitrogens with one attached hydrogen (secondary N) is 1. The number of rotatable bonds is 12. The quantitative estimate of drug-likeness (QED) is 0.296. The van der Waals surface area contributed by atoms with Gasteiger partial charge in [0.15, 0.2) is 0 Å². The Kier molecular flexibility index (Phi) is 9.10. The van der Waals surface area contributed by atoms with Gasteiger partial charge >= 0.3 is 0 Å². The summed E-state index contributed by atoms with van der Waals surface area (Å²) in [5.41, 5.74) is 14.3. The monoisotopic (exact) mass is 554 g/mol. The number of aryl methyl sites for hydroxylation is 2. The molecule has 2 aliphatic rings. The van der Waals surface area contributed by atoms with Crippen LogP contribution in [0.3, 0.4) is 0 Å². The molecule has 41 heavy (non-hydrogen) atoms. The van der Waals surface area contributed by atoms with E-state index in [1.807, 2.05) is 18.3 Å². The molecule has 3 aromatic rings. The number of para-hydroxylation sites is 1. The molecule has 2 aliphatic heterocycles. The summed E-state index contributed by atoms with van der Waals surface area (Å²) in [5, 5.41) is 4.80. The van der Waals surface area contributed by atoms with Crippen LogP contribution in [0.5, 0.6) is 0 Å². The first-order valence-electron chi connectivity index (χ1n) is 15.0. The van der Waals surface area contributed by atoms with E-state index in [2.05, 4.69) is 88.5 Å². The molecule has 0 radical (unpaired) electrons. The standard InChI is InChI=1S/C33H46N8/c1-6-24(7-2)29(22-26(34)23-39(5)21-20-38(3)4)37-33-35-16-15-28(36-33)30-27-14-10-12-25-13-11-19-41(31(25)27)32(30)40-17-8-9-18-40/h6,10,12,14-16,22H,1,7-9,11,13,17-21,23,34H2,2-5H3,(H,35,36,37)/b26-22+,29-24-. The maximum Gasteiger partial charge on any atom is 0.227 e. The Bertz CT molecular complexity index is 1440. The number of benzene rings is 1. The first-order valence-corrected chi connectivity index (χ1v) is 15.0. The molecule has 0 amide bonds. The molecule has 4 heterocycles. The van der Waals surface area contributed by atoms with Gasteiger partial charge in [-0.1, -0.05) is 37.8 Å². The van der Waals surface area contributed by atoms with Crippen LogP contribution < -0.4 is 16.0 Å². The second kappa shape index (κ2) is 12.9. The zero-order chi connectivity index (χ0) is 28.9. The predicted octanol–water partition coefficient (Wildman–Crippen LogP) is 5.24. The highest BCUT2D eigenvalue weighted by molar-refractivity contribution is 6.04. The van der Waals surface area contributed by atoms with E-state index in [0.717, 1.165) is 68.2 Å². The lowest BCUT2D eigenvalue weighted by molar-refractivity contribution is 0.297. The highest BCUT2D eigenvalue weighted by Gasteiger charge is 2.28. The first kappa shape index (κ1) is 28.9. The summed E-state index contributed by atoms with van der Waals surface area (Å²) in [6.07, 6.45) is 11.4. The lowest BCUT2D eigenvalue weighted by Gasteiger charge is -2.24. The fourth-order valence-corrected chi connectivity index (χ4v) is 6.16. The number of hydrogen-bond acceptors (Lipinski definition) is 7. The fourth-order valence-electron chi connectivity index (χ4n) is 6.16. The number of aromatic nitrogens is 3. The number of likely N-dealkylation sites (N-methyl/N-ethyl adjacent to an activating group) is 2. The summed E-state index contributed by atoms with van der Waals surface area (Å²) < 4.78 is 2.55. The smallest absolute Gasteiger partial charge is 0.227 e. The Labute approximate surface area is 245 Å². The van der Waals surface area contributed by atoms with Gasteiger partial charge in [0.25, 0.3) is 0 Å². The predicted molar refractivity (Wildman–Crippen MR) is 172 cm³/mol. The Balaban J connectivity index is 1.51. The molecule has 3 N–H and O–H groups in total. The maximum absolute atomic E-state index is 6.54. The van der Waals surface area contributed by atoms with Gasteiger partial charge < -0.3 is 25.4 Å². The van der Waals surface area contributed by atoms with Crippen molar-refractivity contribution in [3.63, 3.8) is 0 Å². The van der Waals surface area contributed by atoms with Gasteiger partial charge in [0, 0.05) is 62.2 Å². The number of hydrogen-bond donors (Lipinski definition) is 2. The van der Waals surface area contributed by atoms with Crippen LogP contribution in [0.2, 0.25) is 0 Å². The Morgan fingerprint density at radius 3 is 2.63 bits per heavy atom. The zero-order valence-corrected chi connectivity index (χ0v) is 25.3. The molecular formula is C33H46N8. The molecule has 1 aromatic carbocycles. The second-order valence-corrected chi connectivity index (χ2v) is 11.6. The van der Waals surface area contributed by atoms with Crippen molar-refractivity contribution in [2.24, 2.45) is 5.73 Å². The minimum absolute atomic E-state index is 0.564. The fraction of sp³-hybridized carbons (Fsp3) is 0.455. The van der Waals surface area contributed by atoms with Crippen LogP contribution >= 0.6 is 0 Å². The van der Waals surface area contributed by atoms with Crippen LogP contribution in [0.4, 0.5) is 11.8 Å². The van der Waals surface area contributed by atoms with Gasteiger partial charge in [-0.15, -0.1) is 0 Å². The first-order chi connectivity index (χ1) is 19.9. The van der Waals surface area contributed by atoms with Gasteiger partial charge in [-0.2, -0.15) is 0 Å². The molecule has 8 nitrogen and oxygen atoms in total. The van der Waals surface area contributed by atoms with Crippen LogP contribution in [0.15, 0.2) is 66.2 Å². The van der Waals surface area contributed by atoms with E-state index < -0.39 is 0 Å². The maximum atomic E-state index is 6.54. The van der Waals surface area contributed by atoms with Gasteiger partial charge in [-0.05, 0) is 76.5 Å². The van der Waals surface area contributed by atoms with Crippen molar-refractivity contribution in [3.05, 3.63) is 71.7 Å². The van der Waals surface area contributed by atoms with Crippen LogP contribution in [0.1, 0.15) is 38.2 Å². The molecule has 2 aromatic heterocycles. The van der Waals surface area contributed by atoms with Gasteiger partial charge in [-0.3, -0.25) is 4.90 Å². The molecule has 5 rings (SSSR count). The summed E-state index contributed by atoms with van der Waals surface area (Å²) >= 11 is 0. The Morgan fingerprint density at radius 1 is 1.10 bits per heavy atom. The average molecular weight is 555 g/mol. The normalized spacial score (nSPS) is 16.1. The van der Waals surface area contributed by atoms with Gasteiger partial charge in [-0.25, -0.2) is 9.97 Å². The van der Waals surface area contributed by atoms with Crippen molar-refractivity contribution in [2.45, 2.75) is 45.6 Å². The van der Waals surface area contributed by atoms with Gasteiger partial charge in [0.1, 0.15) is 5.82 Å². The van der Waals surface area contributed by atoms with E-state index in [9.17, 15) is 0 Å². The molecular weight excluding hydrogens is 508 g/mol. The number of anilines is 2. The largest absolute Gasteiger partial charge is 0.401 e. The lowest BCUT2D eigenvalue weighted by Crippen LogP contribution is -2.31. The summed E-state index contributed by atoms with van der Waals surface area (Å²) in [7, 11) is 6.27. The number of nitrogens with two attached hydrogens (primary N) is 1. The number of allylic oxidation sites excluding steroid dienone is 3. The molecule has 0 bridgehead atoms. The van der Waals surface area contributed by atoms with Crippen molar-refractivity contribution in [1.82, 2.24) is 24.3 Å². The average Bonchev–Trinajstić information content (AvgIpc) is 3.60. The molecule has 1 saturated heterocycles. The molecule has 0 unspecified atom stereocenters. The van der Waals surface area contributed by atoms with Crippen molar-refractivity contribution in [3.8, 4) is 11.3 Å². The SMILES string of the molecule is C=C/C(CC)=C(\C=C(\N)CN(C)CCN(C)C)Nc1nccc(-c2c(N3CCCC3)n3c4c(cccc24)CCC3)n1. The van der Waals surface area contributed by atoms with Crippen molar-refractivity contribution in [2.75, 3.05) is 64.1 Å². The second-order valence-electron chi connectivity index (χ2n) is 11.6.